The van der Waals surface area contributed by atoms with Gasteiger partial charge in [-0.15, -0.1) is 0 Å². The van der Waals surface area contributed by atoms with Gasteiger partial charge in [-0.3, -0.25) is 9.69 Å². The highest BCUT2D eigenvalue weighted by Gasteiger charge is 2.37. The minimum atomic E-state index is -5.00. The van der Waals surface area contributed by atoms with E-state index >= 15 is 0 Å². The summed E-state index contributed by atoms with van der Waals surface area (Å²) in [6.07, 6.45) is -5.39. The molecule has 196 valence electrons. The standard InChI is InChI=1S/C24H31F6N3O2/c1-15(32-20-2-4-21(34)5-3-20)14-33-8-6-16(7-9-33)13-31-22(35)17-10-18(23(25,26)27)12-19(11-17)24(28,29)30/h10-12,16,20-21,32,34H,1-9,13-14H2,(H,31,35). The number of hydrogen-bond donors (Lipinski definition) is 3. The smallest absolute Gasteiger partial charge is 0.393 e. The van der Waals surface area contributed by atoms with Crippen molar-refractivity contribution >= 4 is 5.91 Å². The van der Waals surface area contributed by atoms with Crippen molar-refractivity contribution in [2.24, 2.45) is 5.92 Å². The molecule has 1 aromatic carbocycles. The number of piperidine rings is 1. The molecule has 0 atom stereocenters. The summed E-state index contributed by atoms with van der Waals surface area (Å²) in [5.74, 6) is -0.886. The first-order valence-corrected chi connectivity index (χ1v) is 11.7. The Bertz CT molecular complexity index is 854. The fraction of sp³-hybridized carbons (Fsp3) is 0.625. The van der Waals surface area contributed by atoms with Crippen molar-refractivity contribution < 1.29 is 36.2 Å². The van der Waals surface area contributed by atoms with Gasteiger partial charge in [0.05, 0.1) is 17.2 Å². The van der Waals surface area contributed by atoms with Gasteiger partial charge in [-0.2, -0.15) is 26.3 Å². The van der Waals surface area contributed by atoms with Gasteiger partial charge in [0.1, 0.15) is 0 Å². The molecule has 3 N–H and O–H groups in total. The summed E-state index contributed by atoms with van der Waals surface area (Å²) in [5, 5.41) is 15.5. The normalized spacial score (nSPS) is 22.6. The molecule has 0 spiro atoms. The number of carbonyl (C=O) groups excluding carboxylic acids is 1. The average Bonchev–Trinajstić information content (AvgIpc) is 2.78. The Morgan fingerprint density at radius 1 is 0.943 bits per heavy atom. The summed E-state index contributed by atoms with van der Waals surface area (Å²) < 4.78 is 78.2. The monoisotopic (exact) mass is 507 g/mol. The fourth-order valence-electron chi connectivity index (χ4n) is 4.60. The first-order valence-electron chi connectivity index (χ1n) is 11.7. The lowest BCUT2D eigenvalue weighted by Crippen LogP contribution is -2.42. The SMILES string of the molecule is C=C(CN1CCC(CNC(=O)c2cc(C(F)(F)F)cc(C(F)(F)F)c2)CC1)NC1CCC(O)CC1. The van der Waals surface area contributed by atoms with Crippen molar-refractivity contribution in [2.45, 2.75) is 63.0 Å². The van der Waals surface area contributed by atoms with E-state index in [9.17, 15) is 36.2 Å². The third-order valence-electron chi connectivity index (χ3n) is 6.63. The number of nitrogens with zero attached hydrogens (tertiary/aromatic N) is 1. The van der Waals surface area contributed by atoms with Crippen molar-refractivity contribution in [2.75, 3.05) is 26.2 Å². The molecule has 1 aliphatic heterocycles. The van der Waals surface area contributed by atoms with Crippen molar-refractivity contribution in [3.8, 4) is 0 Å². The van der Waals surface area contributed by atoms with E-state index in [0.29, 0.717) is 24.7 Å². The van der Waals surface area contributed by atoms with E-state index in [4.69, 9.17) is 0 Å². The Labute approximate surface area is 200 Å². The van der Waals surface area contributed by atoms with Crippen LogP contribution in [-0.2, 0) is 12.4 Å². The lowest BCUT2D eigenvalue weighted by molar-refractivity contribution is -0.143. The number of carbonyl (C=O) groups is 1. The van der Waals surface area contributed by atoms with E-state index in [1.807, 2.05) is 0 Å². The molecular formula is C24H31F6N3O2. The maximum Gasteiger partial charge on any atom is 0.416 e. The number of halogens is 6. The number of nitrogens with one attached hydrogen (secondary N) is 2. The van der Waals surface area contributed by atoms with E-state index in [1.54, 1.807) is 0 Å². The van der Waals surface area contributed by atoms with Crippen LogP contribution in [0.15, 0.2) is 30.5 Å². The number of likely N-dealkylation sites (tertiary alicyclic amines) is 1. The van der Waals surface area contributed by atoms with Gasteiger partial charge in [0.25, 0.3) is 5.91 Å². The van der Waals surface area contributed by atoms with Gasteiger partial charge >= 0.3 is 12.4 Å². The molecule has 1 aromatic rings. The molecule has 1 saturated carbocycles. The molecule has 5 nitrogen and oxygen atoms in total. The minimum absolute atomic E-state index is 0.00679. The molecule has 1 aliphatic carbocycles. The van der Waals surface area contributed by atoms with Crippen LogP contribution < -0.4 is 10.6 Å². The number of benzene rings is 1. The fourth-order valence-corrected chi connectivity index (χ4v) is 4.60. The third kappa shape index (κ3) is 8.13. The van der Waals surface area contributed by atoms with Crippen LogP contribution in [0.4, 0.5) is 26.3 Å². The van der Waals surface area contributed by atoms with E-state index in [-0.39, 0.29) is 24.6 Å². The van der Waals surface area contributed by atoms with Crippen LogP contribution in [0.1, 0.15) is 60.0 Å². The van der Waals surface area contributed by atoms with Gasteiger partial charge in [0, 0.05) is 30.4 Å². The van der Waals surface area contributed by atoms with Crippen molar-refractivity contribution in [1.82, 2.24) is 15.5 Å². The second-order valence-corrected chi connectivity index (χ2v) is 9.48. The summed E-state index contributed by atoms with van der Waals surface area (Å²) in [5.41, 5.74) is -2.78. The highest BCUT2D eigenvalue weighted by Crippen LogP contribution is 2.36. The maximum atomic E-state index is 13.0. The Kier molecular flexibility index (Phi) is 8.74. The topological polar surface area (TPSA) is 64.6 Å². The predicted molar refractivity (Wildman–Crippen MR) is 118 cm³/mol. The van der Waals surface area contributed by atoms with Crippen LogP contribution in [0.2, 0.25) is 0 Å². The summed E-state index contributed by atoms with van der Waals surface area (Å²) in [7, 11) is 0. The quantitative estimate of drug-likeness (QED) is 0.473. The van der Waals surface area contributed by atoms with E-state index < -0.39 is 35.0 Å². The van der Waals surface area contributed by atoms with Gasteiger partial charge < -0.3 is 15.7 Å². The van der Waals surface area contributed by atoms with Crippen LogP contribution in [0.3, 0.4) is 0 Å². The first kappa shape index (κ1) is 27.3. The molecule has 0 radical (unpaired) electrons. The molecule has 0 bridgehead atoms. The molecule has 0 unspecified atom stereocenters. The number of hydrogen-bond acceptors (Lipinski definition) is 4. The van der Waals surface area contributed by atoms with E-state index in [1.165, 1.54) is 0 Å². The second kappa shape index (κ2) is 11.2. The highest BCUT2D eigenvalue weighted by molar-refractivity contribution is 5.94. The number of rotatable bonds is 7. The highest BCUT2D eigenvalue weighted by atomic mass is 19.4. The maximum absolute atomic E-state index is 13.0. The number of amides is 1. The lowest BCUT2D eigenvalue weighted by atomic mass is 9.93. The van der Waals surface area contributed by atoms with E-state index in [2.05, 4.69) is 22.1 Å². The third-order valence-corrected chi connectivity index (χ3v) is 6.63. The van der Waals surface area contributed by atoms with Gasteiger partial charge in [-0.05, 0) is 75.7 Å². The summed E-state index contributed by atoms with van der Waals surface area (Å²) >= 11 is 0. The molecule has 35 heavy (non-hydrogen) atoms. The lowest BCUT2D eigenvalue weighted by Gasteiger charge is -2.34. The molecule has 2 fully saturated rings. The first-order chi connectivity index (χ1) is 16.3. The van der Waals surface area contributed by atoms with Crippen LogP contribution in [0.25, 0.3) is 0 Å². The molecule has 0 aromatic heterocycles. The molecule has 2 aliphatic rings. The van der Waals surface area contributed by atoms with Gasteiger partial charge in [0.2, 0.25) is 0 Å². The minimum Gasteiger partial charge on any atom is -0.393 e. The zero-order valence-corrected chi connectivity index (χ0v) is 19.3. The van der Waals surface area contributed by atoms with Crippen LogP contribution >= 0.6 is 0 Å². The van der Waals surface area contributed by atoms with Gasteiger partial charge in [-0.1, -0.05) is 6.58 Å². The number of aliphatic hydroxyl groups excluding tert-OH is 1. The van der Waals surface area contributed by atoms with Crippen molar-refractivity contribution in [1.29, 1.82) is 0 Å². The molecular weight excluding hydrogens is 476 g/mol. The van der Waals surface area contributed by atoms with Crippen LogP contribution in [0, 0.1) is 5.92 Å². The second-order valence-electron chi connectivity index (χ2n) is 9.48. The molecule has 11 heteroatoms. The molecule has 3 rings (SSSR count). The van der Waals surface area contributed by atoms with Crippen molar-refractivity contribution in [3.63, 3.8) is 0 Å². The molecule has 1 amide bonds. The number of alkyl halides is 6. The Hall–Kier alpha value is -2.27. The zero-order valence-electron chi connectivity index (χ0n) is 19.3. The average molecular weight is 508 g/mol. The summed E-state index contributed by atoms with van der Waals surface area (Å²) in [6.45, 7) is 6.42. The Balaban J connectivity index is 1.46. The Morgan fingerprint density at radius 3 is 2.00 bits per heavy atom. The molecule has 1 heterocycles. The van der Waals surface area contributed by atoms with Gasteiger partial charge in [-0.25, -0.2) is 0 Å². The largest absolute Gasteiger partial charge is 0.416 e. The number of aliphatic hydroxyl groups is 1. The zero-order chi connectivity index (χ0) is 25.8. The summed E-state index contributed by atoms with van der Waals surface area (Å²) in [6, 6.07) is 1.21. The van der Waals surface area contributed by atoms with Gasteiger partial charge in [0.15, 0.2) is 0 Å². The van der Waals surface area contributed by atoms with Crippen molar-refractivity contribution in [3.05, 3.63) is 47.2 Å². The van der Waals surface area contributed by atoms with Crippen LogP contribution in [0.5, 0.6) is 0 Å². The predicted octanol–water partition coefficient (Wildman–Crippen LogP) is 4.57. The Morgan fingerprint density at radius 2 is 1.49 bits per heavy atom. The molecule has 1 saturated heterocycles. The summed E-state index contributed by atoms with van der Waals surface area (Å²) in [4.78, 5) is 14.6. The van der Waals surface area contributed by atoms with E-state index in [0.717, 1.165) is 57.3 Å². The van der Waals surface area contributed by atoms with Crippen LogP contribution in [-0.4, -0.2) is 54.2 Å².